The van der Waals surface area contributed by atoms with Gasteiger partial charge in [-0.05, 0) is 9.85 Å². The molecule has 2 aromatic heterocycles. The van der Waals surface area contributed by atoms with Crippen LogP contribution in [0.4, 0.5) is 38.2 Å². The number of nitro groups is 2. The normalized spacial score (nSPS) is 20.5. The third kappa shape index (κ3) is 6.98. The lowest BCUT2D eigenvalue weighted by molar-refractivity contribution is -0.396. The maximum absolute atomic E-state index is 13.4. The number of hydrogen-bond donors (Lipinski definition) is 0. The second kappa shape index (κ2) is 11.9. The van der Waals surface area contributed by atoms with Gasteiger partial charge in [-0.15, -0.1) is 0 Å². The minimum absolute atomic E-state index is 0.393. The van der Waals surface area contributed by atoms with Crippen LogP contribution in [0.25, 0.3) is 0 Å². The van der Waals surface area contributed by atoms with E-state index in [9.17, 15) is 55.7 Å². The van der Waals surface area contributed by atoms with Crippen LogP contribution in [0.2, 0.25) is 0 Å². The van der Waals surface area contributed by atoms with Crippen LogP contribution < -0.4 is 0 Å². The maximum Gasteiger partial charge on any atom is 0.434 e. The standard InChI is InChI=1S/2C10H13F3N5O4P/c2*1-15-7(6-14-9(15)18(19)20)8(10(11,12)13)22-23(21,16-2-3-16)17-4-5-17/h2*6,8H,2-5H2,1H3/t2*8-/m10/s1. The smallest absolute Gasteiger partial charge is 0.390 e. The summed E-state index contributed by atoms with van der Waals surface area (Å²) in [7, 11) is -5.34. The summed E-state index contributed by atoms with van der Waals surface area (Å²) in [5.74, 6) is -1.49. The topological polar surface area (TPSA) is 187 Å². The number of alkyl halides is 6. The third-order valence-electron chi connectivity index (χ3n) is 7.07. The molecule has 0 N–H and O–H groups in total. The molecule has 4 aliphatic heterocycles. The zero-order chi connectivity index (χ0) is 34.0. The number of halogens is 6. The van der Waals surface area contributed by atoms with Crippen molar-refractivity contribution in [3.05, 3.63) is 44.0 Å². The van der Waals surface area contributed by atoms with Crippen molar-refractivity contribution in [2.24, 2.45) is 14.1 Å². The van der Waals surface area contributed by atoms with E-state index in [1.54, 1.807) is 0 Å². The van der Waals surface area contributed by atoms with Crippen molar-refractivity contribution in [2.75, 3.05) is 52.4 Å². The first-order chi connectivity index (χ1) is 21.3. The molecular formula is C20H26F6N10O8P2. The summed E-state index contributed by atoms with van der Waals surface area (Å²) in [4.78, 5) is 26.5. The molecule has 6 rings (SSSR count). The van der Waals surface area contributed by atoms with Gasteiger partial charge in [0.25, 0.3) is 0 Å². The number of aromatic nitrogens is 4. The first kappa shape index (κ1) is 34.4. The van der Waals surface area contributed by atoms with Crippen molar-refractivity contribution in [3.63, 3.8) is 0 Å². The van der Waals surface area contributed by atoms with Crippen molar-refractivity contribution in [1.82, 2.24) is 37.8 Å². The SMILES string of the molecule is Cn1c([C@@H](OP(=O)(N2CC2)N2CC2)C(F)(F)F)cnc1[N+](=O)[O-].Cn1c([C@H](OP(=O)(N2CC2)N2CC2)C(F)(F)F)cnc1[N+](=O)[O-]. The summed E-state index contributed by atoms with van der Waals surface area (Å²) in [5, 5.41) is 21.5. The lowest BCUT2D eigenvalue weighted by Gasteiger charge is -2.26. The molecule has 18 nitrogen and oxygen atoms in total. The quantitative estimate of drug-likeness (QED) is 0.103. The molecule has 256 valence electrons. The van der Waals surface area contributed by atoms with E-state index in [1.165, 1.54) is 18.7 Å². The fourth-order valence-corrected chi connectivity index (χ4v) is 8.94. The lowest BCUT2D eigenvalue weighted by atomic mass is 10.2. The van der Waals surface area contributed by atoms with Crippen LogP contribution in [0.3, 0.4) is 0 Å². The van der Waals surface area contributed by atoms with E-state index in [4.69, 9.17) is 9.05 Å². The maximum atomic E-state index is 13.4. The molecule has 0 spiro atoms. The van der Waals surface area contributed by atoms with E-state index in [-0.39, 0.29) is 0 Å². The highest BCUT2D eigenvalue weighted by atomic mass is 31.2. The average Bonchev–Trinajstić information content (AvgIpc) is 3.79. The van der Waals surface area contributed by atoms with E-state index >= 15 is 0 Å². The number of imidazole rings is 2. The molecule has 2 aromatic rings. The van der Waals surface area contributed by atoms with E-state index in [1.807, 2.05) is 0 Å². The summed E-state index contributed by atoms with van der Waals surface area (Å²) >= 11 is 0. The highest BCUT2D eigenvalue weighted by Crippen LogP contribution is 2.66. The summed E-state index contributed by atoms with van der Waals surface area (Å²) < 4.78 is 123. The predicted molar refractivity (Wildman–Crippen MR) is 141 cm³/mol. The van der Waals surface area contributed by atoms with Crippen LogP contribution in [0, 0.1) is 20.2 Å². The van der Waals surface area contributed by atoms with Crippen LogP contribution in [-0.4, -0.2) is 112 Å². The van der Waals surface area contributed by atoms with Gasteiger partial charge < -0.3 is 20.2 Å². The van der Waals surface area contributed by atoms with Gasteiger partial charge in [0, 0.05) is 52.4 Å². The molecule has 0 unspecified atom stereocenters. The Hall–Kier alpha value is -2.98. The second-order valence-electron chi connectivity index (χ2n) is 10.4. The van der Waals surface area contributed by atoms with Crippen molar-refractivity contribution < 1.29 is 54.4 Å². The molecule has 26 heteroatoms. The Bertz CT molecular complexity index is 1450. The molecule has 4 saturated heterocycles. The Morgan fingerprint density at radius 2 is 0.935 bits per heavy atom. The van der Waals surface area contributed by atoms with Crippen molar-refractivity contribution >= 4 is 27.2 Å². The Morgan fingerprint density at radius 1 is 0.674 bits per heavy atom. The molecule has 6 heterocycles. The van der Waals surface area contributed by atoms with Crippen molar-refractivity contribution in [1.29, 1.82) is 0 Å². The van der Waals surface area contributed by atoms with E-state index in [0.717, 1.165) is 26.5 Å². The molecule has 0 bridgehead atoms. The molecule has 0 saturated carbocycles. The first-order valence-electron chi connectivity index (χ1n) is 13.3. The molecule has 0 radical (unpaired) electrons. The zero-order valence-corrected chi connectivity index (χ0v) is 25.7. The van der Waals surface area contributed by atoms with E-state index in [0.29, 0.717) is 61.5 Å². The van der Waals surface area contributed by atoms with Crippen molar-refractivity contribution in [2.45, 2.75) is 24.6 Å². The summed E-state index contributed by atoms with van der Waals surface area (Å²) in [6, 6.07) is 0. The first-order valence-corrected chi connectivity index (χ1v) is 16.4. The molecule has 0 aromatic carbocycles. The van der Waals surface area contributed by atoms with E-state index < -0.39 is 73.0 Å². The summed E-state index contributed by atoms with van der Waals surface area (Å²) in [6.45, 7) is 3.14. The predicted octanol–water partition coefficient (Wildman–Crippen LogP) is 3.38. The van der Waals surface area contributed by atoms with Crippen molar-refractivity contribution in [3.8, 4) is 0 Å². The fraction of sp³-hybridized carbons (Fsp3) is 0.700. The number of hydrogen-bond acceptors (Lipinski definition) is 10. The van der Waals surface area contributed by atoms with E-state index in [2.05, 4.69) is 9.97 Å². The van der Waals surface area contributed by atoms with Gasteiger partial charge in [-0.2, -0.15) is 26.3 Å². The fourth-order valence-electron chi connectivity index (χ4n) is 4.30. The molecular weight excluding hydrogens is 684 g/mol. The molecule has 0 amide bonds. The lowest BCUT2D eigenvalue weighted by Crippen LogP contribution is -2.27. The largest absolute Gasteiger partial charge is 0.434 e. The van der Waals surface area contributed by atoms with Crippen LogP contribution >= 0.6 is 15.3 Å². The van der Waals surface area contributed by atoms with Crippen LogP contribution in [0.1, 0.15) is 23.6 Å². The van der Waals surface area contributed by atoms with Gasteiger partial charge in [-0.25, -0.2) is 27.8 Å². The Morgan fingerprint density at radius 3 is 1.11 bits per heavy atom. The summed E-state index contributed by atoms with van der Waals surface area (Å²) in [5.41, 5.74) is -1.12. The highest BCUT2D eigenvalue weighted by Gasteiger charge is 2.58. The van der Waals surface area contributed by atoms with Gasteiger partial charge in [-0.1, -0.05) is 9.97 Å². The highest BCUT2D eigenvalue weighted by molar-refractivity contribution is 7.54. The molecule has 2 atom stereocenters. The van der Waals surface area contributed by atoms with Crippen LogP contribution in [-0.2, 0) is 32.3 Å². The average molecular weight is 710 g/mol. The number of nitrogens with zero attached hydrogens (tertiary/aromatic N) is 10. The minimum Gasteiger partial charge on any atom is -0.390 e. The van der Waals surface area contributed by atoms with Gasteiger partial charge in [0.2, 0.25) is 12.2 Å². The van der Waals surface area contributed by atoms with Gasteiger partial charge >= 0.3 is 39.6 Å². The Balaban J connectivity index is 0.000000181. The summed E-state index contributed by atoms with van der Waals surface area (Å²) in [6.07, 6.45) is -13.4. The van der Waals surface area contributed by atoms with Crippen LogP contribution in [0.5, 0.6) is 0 Å². The second-order valence-corrected chi connectivity index (χ2v) is 15.1. The van der Waals surface area contributed by atoms with Gasteiger partial charge in [-0.3, -0.25) is 18.2 Å². The zero-order valence-electron chi connectivity index (χ0n) is 23.9. The molecule has 46 heavy (non-hydrogen) atoms. The number of rotatable bonds is 12. The molecule has 4 aliphatic rings. The third-order valence-corrected chi connectivity index (χ3v) is 12.5. The Kier molecular flexibility index (Phi) is 8.90. The molecule has 4 fully saturated rings. The van der Waals surface area contributed by atoms with Gasteiger partial charge in [0.15, 0.2) is 11.4 Å². The van der Waals surface area contributed by atoms with Crippen LogP contribution in [0.15, 0.2) is 12.4 Å². The van der Waals surface area contributed by atoms with Gasteiger partial charge in [0.1, 0.15) is 12.4 Å². The minimum atomic E-state index is -4.89. The Labute approximate surface area is 254 Å². The monoisotopic (exact) mass is 710 g/mol. The van der Waals surface area contributed by atoms with Gasteiger partial charge in [0.05, 0.1) is 14.1 Å². The molecule has 0 aliphatic carbocycles.